The van der Waals surface area contributed by atoms with Crippen LogP contribution in [0.25, 0.3) is 0 Å². The van der Waals surface area contributed by atoms with Gasteiger partial charge in [0, 0.05) is 0 Å². The van der Waals surface area contributed by atoms with Crippen molar-refractivity contribution < 1.29 is 30.1 Å². The fourth-order valence-electron chi connectivity index (χ4n) is 0.778. The number of carbonyl (C=O) groups excluding carboxylic acids is 1. The molecule has 0 fully saturated rings. The van der Waals surface area contributed by atoms with Crippen LogP contribution in [-0.4, -0.2) is 57.7 Å². The van der Waals surface area contributed by atoms with Crippen molar-refractivity contribution >= 4 is 6.29 Å². The van der Waals surface area contributed by atoms with E-state index in [1.807, 2.05) is 0 Å². The molecule has 0 saturated carbocycles. The number of aliphatic hydroxyl groups is 4. The van der Waals surface area contributed by atoms with Gasteiger partial charge in [-0.25, -0.2) is 5.90 Å². The lowest BCUT2D eigenvalue weighted by atomic mass is 10.0. The number of hydrogen-bond acceptors (Lipinski definition) is 7. The quantitative estimate of drug-likeness (QED) is 0.219. The highest BCUT2D eigenvalue weighted by Gasteiger charge is 2.32. The number of hydrogen-bond donors (Lipinski definition) is 5. The first-order valence-corrected chi connectivity index (χ1v) is 3.54. The van der Waals surface area contributed by atoms with Crippen LogP contribution in [0.2, 0.25) is 0 Å². The van der Waals surface area contributed by atoms with Gasteiger partial charge in [-0.2, -0.15) is 0 Å². The minimum atomic E-state index is -1.71. The topological polar surface area (TPSA) is 133 Å². The smallest absolute Gasteiger partial charge is 0.151 e. The normalized spacial score (nSPS) is 20.4. The van der Waals surface area contributed by atoms with Crippen LogP contribution < -0.4 is 5.90 Å². The second kappa shape index (κ2) is 5.97. The van der Waals surface area contributed by atoms with Gasteiger partial charge in [0.2, 0.25) is 0 Å². The van der Waals surface area contributed by atoms with Gasteiger partial charge in [0.05, 0.1) is 6.61 Å². The molecule has 0 aliphatic carbocycles. The van der Waals surface area contributed by atoms with E-state index in [-0.39, 0.29) is 6.29 Å². The predicted molar refractivity (Wildman–Crippen MR) is 40.2 cm³/mol. The maximum Gasteiger partial charge on any atom is 0.151 e. The van der Waals surface area contributed by atoms with E-state index in [0.717, 1.165) is 0 Å². The van der Waals surface area contributed by atoms with Crippen molar-refractivity contribution in [3.63, 3.8) is 0 Å². The summed E-state index contributed by atoms with van der Waals surface area (Å²) >= 11 is 0. The molecule has 0 bridgehead atoms. The molecule has 0 aliphatic heterocycles. The van der Waals surface area contributed by atoms with Gasteiger partial charge in [-0.1, -0.05) is 0 Å². The average Bonchev–Trinajstić information content (AvgIpc) is 2.17. The van der Waals surface area contributed by atoms with Crippen LogP contribution in [-0.2, 0) is 9.63 Å². The molecule has 0 aromatic heterocycles. The standard InChI is InChI=1S/C6H13NO6/c7-13-6(4(11)2-9)5(12)3(10)1-8/h1,3-6,9-12H,2,7H2/t3-,4-,5-,6-/m1/s1. The van der Waals surface area contributed by atoms with Crippen molar-refractivity contribution in [2.24, 2.45) is 5.90 Å². The van der Waals surface area contributed by atoms with Gasteiger partial charge in [0.1, 0.15) is 24.4 Å². The molecule has 13 heavy (non-hydrogen) atoms. The van der Waals surface area contributed by atoms with Crippen molar-refractivity contribution in [2.45, 2.75) is 24.4 Å². The molecule has 78 valence electrons. The molecule has 4 atom stereocenters. The summed E-state index contributed by atoms with van der Waals surface area (Å²) in [4.78, 5) is 14.1. The zero-order valence-electron chi connectivity index (χ0n) is 6.78. The van der Waals surface area contributed by atoms with Gasteiger partial charge < -0.3 is 25.2 Å². The number of nitrogens with two attached hydrogens (primary N) is 1. The molecule has 0 heterocycles. The molecule has 0 aliphatic rings. The van der Waals surface area contributed by atoms with Crippen LogP contribution >= 0.6 is 0 Å². The van der Waals surface area contributed by atoms with E-state index in [1.165, 1.54) is 0 Å². The van der Waals surface area contributed by atoms with Crippen molar-refractivity contribution in [1.29, 1.82) is 0 Å². The lowest BCUT2D eigenvalue weighted by molar-refractivity contribution is -0.151. The highest BCUT2D eigenvalue weighted by molar-refractivity contribution is 5.56. The van der Waals surface area contributed by atoms with Crippen LogP contribution in [0.4, 0.5) is 0 Å². The number of rotatable bonds is 6. The monoisotopic (exact) mass is 195 g/mol. The molecule has 0 aromatic rings. The van der Waals surface area contributed by atoms with E-state index in [1.54, 1.807) is 0 Å². The fourth-order valence-corrected chi connectivity index (χ4v) is 0.778. The number of carbonyl (C=O) groups is 1. The average molecular weight is 195 g/mol. The third kappa shape index (κ3) is 3.35. The number of aliphatic hydroxyl groups excluding tert-OH is 4. The highest BCUT2D eigenvalue weighted by atomic mass is 16.6. The third-order valence-electron chi connectivity index (χ3n) is 1.55. The second-order valence-corrected chi connectivity index (χ2v) is 2.47. The summed E-state index contributed by atoms with van der Waals surface area (Å²) in [5.74, 6) is 4.68. The summed E-state index contributed by atoms with van der Waals surface area (Å²) in [6.07, 6.45) is -6.19. The van der Waals surface area contributed by atoms with Crippen molar-refractivity contribution in [3.8, 4) is 0 Å². The van der Waals surface area contributed by atoms with Crippen molar-refractivity contribution in [1.82, 2.24) is 0 Å². The number of aldehydes is 1. The molecule has 0 saturated heterocycles. The lowest BCUT2D eigenvalue weighted by Gasteiger charge is -2.25. The Bertz CT molecular complexity index is 154. The van der Waals surface area contributed by atoms with Gasteiger partial charge in [-0.3, -0.25) is 4.84 Å². The van der Waals surface area contributed by atoms with Gasteiger partial charge >= 0.3 is 0 Å². The third-order valence-corrected chi connectivity index (χ3v) is 1.55. The first kappa shape index (κ1) is 12.4. The molecule has 0 amide bonds. The van der Waals surface area contributed by atoms with E-state index < -0.39 is 31.0 Å². The Morgan fingerprint density at radius 1 is 1.38 bits per heavy atom. The van der Waals surface area contributed by atoms with Gasteiger partial charge in [-0.05, 0) is 0 Å². The summed E-state index contributed by atoms with van der Waals surface area (Å²) < 4.78 is 0. The van der Waals surface area contributed by atoms with E-state index >= 15 is 0 Å². The first-order valence-electron chi connectivity index (χ1n) is 3.54. The van der Waals surface area contributed by atoms with Crippen molar-refractivity contribution in [2.75, 3.05) is 6.61 Å². The summed E-state index contributed by atoms with van der Waals surface area (Å²) in [5, 5.41) is 35.4. The Labute approximate surface area is 74.3 Å². The van der Waals surface area contributed by atoms with Crippen LogP contribution in [0.1, 0.15) is 0 Å². The molecule has 0 unspecified atom stereocenters. The maximum absolute atomic E-state index is 10.0. The van der Waals surface area contributed by atoms with Gasteiger partial charge in [0.25, 0.3) is 0 Å². The molecule has 0 rings (SSSR count). The molecule has 0 spiro atoms. The van der Waals surface area contributed by atoms with Crippen LogP contribution in [0.5, 0.6) is 0 Å². The summed E-state index contributed by atoms with van der Waals surface area (Å²) in [7, 11) is 0. The predicted octanol–water partition coefficient (Wildman–Crippen LogP) is -3.48. The molecule has 7 heteroatoms. The van der Waals surface area contributed by atoms with E-state index in [9.17, 15) is 4.79 Å². The first-order chi connectivity index (χ1) is 6.08. The van der Waals surface area contributed by atoms with Gasteiger partial charge in [-0.15, -0.1) is 0 Å². The summed E-state index contributed by atoms with van der Waals surface area (Å²) in [6, 6.07) is 0. The van der Waals surface area contributed by atoms with E-state index in [4.69, 9.17) is 20.4 Å². The molecule has 0 radical (unpaired) electrons. The Kier molecular flexibility index (Phi) is 5.71. The molecule has 0 aromatic carbocycles. The Morgan fingerprint density at radius 2 is 1.92 bits per heavy atom. The van der Waals surface area contributed by atoms with Crippen LogP contribution in [0.15, 0.2) is 0 Å². The Morgan fingerprint density at radius 3 is 2.23 bits per heavy atom. The summed E-state index contributed by atoms with van der Waals surface area (Å²) in [5.41, 5.74) is 0. The van der Waals surface area contributed by atoms with E-state index in [0.29, 0.717) is 0 Å². The summed E-state index contributed by atoms with van der Waals surface area (Å²) in [6.45, 7) is -0.704. The minimum Gasteiger partial charge on any atom is -0.394 e. The van der Waals surface area contributed by atoms with Crippen molar-refractivity contribution in [3.05, 3.63) is 0 Å². The Hall–Kier alpha value is -0.570. The minimum absolute atomic E-state index is 0.0702. The largest absolute Gasteiger partial charge is 0.394 e. The SMILES string of the molecule is NO[C@@H]([C@H](O)[C@H](O)C=O)[C@H](O)CO. The molecular formula is C6H13NO6. The fraction of sp³-hybridized carbons (Fsp3) is 0.833. The van der Waals surface area contributed by atoms with E-state index in [2.05, 4.69) is 10.7 Å². The molecule has 7 nitrogen and oxygen atoms in total. The maximum atomic E-state index is 10.0. The zero-order valence-corrected chi connectivity index (χ0v) is 6.78. The van der Waals surface area contributed by atoms with Gasteiger partial charge in [0.15, 0.2) is 6.29 Å². The lowest BCUT2D eigenvalue weighted by Crippen LogP contribution is -2.49. The molecular weight excluding hydrogens is 182 g/mol. The Balaban J connectivity index is 4.29. The highest BCUT2D eigenvalue weighted by Crippen LogP contribution is 2.06. The van der Waals surface area contributed by atoms with Crippen LogP contribution in [0.3, 0.4) is 0 Å². The molecule has 6 N–H and O–H groups in total. The second-order valence-electron chi connectivity index (χ2n) is 2.47. The van der Waals surface area contributed by atoms with Crippen LogP contribution in [0, 0.1) is 0 Å². The zero-order chi connectivity index (χ0) is 10.4.